The third-order valence-corrected chi connectivity index (χ3v) is 4.98. The van der Waals surface area contributed by atoms with Crippen molar-refractivity contribution >= 4 is 29.1 Å². The van der Waals surface area contributed by atoms with Crippen molar-refractivity contribution in [2.75, 3.05) is 0 Å². The highest BCUT2D eigenvalue weighted by molar-refractivity contribution is 6.41. The second-order valence-electron chi connectivity index (χ2n) is 6.56. The van der Waals surface area contributed by atoms with Crippen molar-refractivity contribution in [1.82, 2.24) is 9.88 Å². The van der Waals surface area contributed by atoms with Crippen LogP contribution in [-0.2, 0) is 6.54 Å². The summed E-state index contributed by atoms with van der Waals surface area (Å²) < 4.78 is 0. The lowest BCUT2D eigenvalue weighted by molar-refractivity contribution is 0.0729. The lowest BCUT2D eigenvalue weighted by atomic mass is 10.0. The summed E-state index contributed by atoms with van der Waals surface area (Å²) in [5.41, 5.74) is 2.92. The number of benzene rings is 1. The van der Waals surface area contributed by atoms with E-state index in [-0.39, 0.29) is 11.1 Å². The van der Waals surface area contributed by atoms with Crippen LogP contribution in [0.4, 0.5) is 0 Å². The van der Waals surface area contributed by atoms with Crippen LogP contribution in [0.5, 0.6) is 0 Å². The second kappa shape index (κ2) is 7.12. The highest BCUT2D eigenvalue weighted by Crippen LogP contribution is 2.31. The molecule has 3 nitrogen and oxygen atoms in total. The number of carbonyl (C=O) groups is 1. The van der Waals surface area contributed by atoms with E-state index in [1.54, 1.807) is 6.07 Å². The molecule has 5 heteroatoms. The van der Waals surface area contributed by atoms with Gasteiger partial charge in [-0.25, -0.2) is 4.98 Å². The van der Waals surface area contributed by atoms with Crippen molar-refractivity contribution in [2.24, 2.45) is 0 Å². The van der Waals surface area contributed by atoms with Crippen molar-refractivity contribution in [3.8, 4) is 0 Å². The van der Waals surface area contributed by atoms with E-state index in [2.05, 4.69) is 43.1 Å². The second-order valence-corrected chi connectivity index (χ2v) is 7.32. The van der Waals surface area contributed by atoms with Gasteiger partial charge in [-0.05, 0) is 36.0 Å². The maximum Gasteiger partial charge on any atom is 0.256 e. The van der Waals surface area contributed by atoms with Crippen LogP contribution in [0.2, 0.25) is 10.2 Å². The van der Waals surface area contributed by atoms with E-state index in [1.165, 1.54) is 11.8 Å². The monoisotopic (exact) mass is 362 g/mol. The van der Waals surface area contributed by atoms with Crippen molar-refractivity contribution in [1.29, 1.82) is 0 Å². The number of rotatable bonds is 5. The molecular formula is C19H20Cl2N2O. The first kappa shape index (κ1) is 17.2. The first-order valence-electron chi connectivity index (χ1n) is 8.16. The van der Waals surface area contributed by atoms with Crippen LogP contribution >= 0.6 is 23.2 Å². The van der Waals surface area contributed by atoms with Gasteiger partial charge in [0, 0.05) is 18.8 Å². The predicted molar refractivity (Wildman–Crippen MR) is 97.7 cm³/mol. The van der Waals surface area contributed by atoms with Gasteiger partial charge in [-0.2, -0.15) is 0 Å². The molecule has 1 aromatic carbocycles. The van der Waals surface area contributed by atoms with Gasteiger partial charge in [0.1, 0.15) is 5.15 Å². The summed E-state index contributed by atoms with van der Waals surface area (Å²) >= 11 is 11.8. The smallest absolute Gasteiger partial charge is 0.256 e. The molecule has 1 aromatic heterocycles. The third-order valence-electron chi connectivity index (χ3n) is 4.29. The largest absolute Gasteiger partial charge is 0.331 e. The highest BCUT2D eigenvalue weighted by atomic mass is 35.5. The number of nitrogens with zero attached hydrogens (tertiary/aromatic N) is 2. The third kappa shape index (κ3) is 3.90. The summed E-state index contributed by atoms with van der Waals surface area (Å²) in [6.45, 7) is 4.95. The molecule has 0 bridgehead atoms. The first-order valence-corrected chi connectivity index (χ1v) is 8.92. The fourth-order valence-corrected chi connectivity index (χ4v) is 2.93. The Balaban J connectivity index is 1.79. The van der Waals surface area contributed by atoms with Crippen LogP contribution in [0.15, 0.2) is 36.5 Å². The number of pyridine rings is 1. The summed E-state index contributed by atoms with van der Waals surface area (Å²) in [6, 6.07) is 10.4. The van der Waals surface area contributed by atoms with E-state index < -0.39 is 0 Å². The molecular weight excluding hydrogens is 343 g/mol. The minimum absolute atomic E-state index is 0.0449. The summed E-state index contributed by atoms with van der Waals surface area (Å²) in [5, 5.41) is 0.523. The zero-order valence-electron chi connectivity index (χ0n) is 13.8. The zero-order chi connectivity index (χ0) is 17.3. The van der Waals surface area contributed by atoms with Gasteiger partial charge in [-0.1, -0.05) is 61.3 Å². The van der Waals surface area contributed by atoms with E-state index in [0.29, 0.717) is 29.1 Å². The number of aromatic nitrogens is 1. The van der Waals surface area contributed by atoms with Crippen LogP contribution < -0.4 is 0 Å². The Morgan fingerprint density at radius 2 is 1.92 bits per heavy atom. The van der Waals surface area contributed by atoms with Crippen LogP contribution in [0, 0.1) is 0 Å². The lowest BCUT2D eigenvalue weighted by Gasteiger charge is -2.23. The molecule has 1 saturated carbocycles. The van der Waals surface area contributed by atoms with Crippen LogP contribution in [0.25, 0.3) is 0 Å². The highest BCUT2D eigenvalue weighted by Gasteiger charge is 2.33. The maximum atomic E-state index is 12.9. The standard InChI is InChI=1S/C19H20Cl2N2O/c1-12(2)14-5-3-13(4-6-14)11-23(16-7-8-16)19(24)15-9-17(20)18(21)22-10-15/h3-6,9-10,12,16H,7-8,11H2,1-2H3. The minimum atomic E-state index is -0.0449. The molecule has 0 radical (unpaired) electrons. The Hall–Kier alpha value is -1.58. The summed E-state index contributed by atoms with van der Waals surface area (Å²) in [6.07, 6.45) is 3.59. The molecule has 0 unspecified atom stereocenters. The number of carbonyl (C=O) groups excluding carboxylic acids is 1. The van der Waals surface area contributed by atoms with Crippen molar-refractivity contribution in [2.45, 2.75) is 45.2 Å². The van der Waals surface area contributed by atoms with Crippen LogP contribution in [0.1, 0.15) is 54.1 Å². The molecule has 1 aliphatic rings. The number of hydrogen-bond acceptors (Lipinski definition) is 2. The fraction of sp³-hybridized carbons (Fsp3) is 0.368. The summed E-state index contributed by atoms with van der Waals surface area (Å²) in [5.74, 6) is 0.457. The Bertz CT molecular complexity index is 740. The van der Waals surface area contributed by atoms with Gasteiger partial charge in [-0.15, -0.1) is 0 Å². The molecule has 0 spiro atoms. The number of halogens is 2. The maximum absolute atomic E-state index is 12.9. The molecule has 0 saturated heterocycles. The Morgan fingerprint density at radius 3 is 2.46 bits per heavy atom. The van der Waals surface area contributed by atoms with Gasteiger partial charge in [0.15, 0.2) is 0 Å². The molecule has 1 fully saturated rings. The molecule has 1 amide bonds. The molecule has 0 atom stereocenters. The van der Waals surface area contributed by atoms with Gasteiger partial charge < -0.3 is 4.90 Å². The Kier molecular flexibility index (Phi) is 5.12. The van der Waals surface area contributed by atoms with E-state index in [1.807, 2.05) is 4.90 Å². The average molecular weight is 363 g/mol. The molecule has 24 heavy (non-hydrogen) atoms. The summed E-state index contributed by atoms with van der Waals surface area (Å²) in [7, 11) is 0. The normalized spacial score (nSPS) is 14.0. The Labute approximate surface area is 152 Å². The van der Waals surface area contributed by atoms with Gasteiger partial charge in [0.25, 0.3) is 5.91 Å². The molecule has 1 aliphatic carbocycles. The number of amides is 1. The van der Waals surface area contributed by atoms with Crippen LogP contribution in [0.3, 0.4) is 0 Å². The van der Waals surface area contributed by atoms with Gasteiger partial charge in [0.05, 0.1) is 10.6 Å². The van der Waals surface area contributed by atoms with Gasteiger partial charge in [-0.3, -0.25) is 4.79 Å². The first-order chi connectivity index (χ1) is 11.5. The molecule has 0 N–H and O–H groups in total. The van der Waals surface area contributed by atoms with E-state index in [9.17, 15) is 4.79 Å². The molecule has 1 heterocycles. The lowest BCUT2D eigenvalue weighted by Crippen LogP contribution is -2.32. The fourth-order valence-electron chi connectivity index (χ4n) is 2.66. The Morgan fingerprint density at radius 1 is 1.25 bits per heavy atom. The quantitative estimate of drug-likeness (QED) is 0.674. The summed E-state index contributed by atoms with van der Waals surface area (Å²) in [4.78, 5) is 18.7. The van der Waals surface area contributed by atoms with E-state index >= 15 is 0 Å². The van der Waals surface area contributed by atoms with E-state index in [0.717, 1.165) is 18.4 Å². The minimum Gasteiger partial charge on any atom is -0.331 e. The molecule has 2 aromatic rings. The SMILES string of the molecule is CC(C)c1ccc(CN(C(=O)c2cnc(Cl)c(Cl)c2)C2CC2)cc1. The molecule has 3 rings (SSSR count). The predicted octanol–water partition coefficient (Wildman–Crippen LogP) is 5.32. The molecule has 126 valence electrons. The van der Waals surface area contributed by atoms with Crippen molar-refractivity contribution in [3.05, 3.63) is 63.4 Å². The molecule has 0 aliphatic heterocycles. The van der Waals surface area contributed by atoms with Gasteiger partial charge in [0.2, 0.25) is 0 Å². The average Bonchev–Trinajstić information content (AvgIpc) is 3.40. The number of hydrogen-bond donors (Lipinski definition) is 0. The van der Waals surface area contributed by atoms with E-state index in [4.69, 9.17) is 23.2 Å². The van der Waals surface area contributed by atoms with Gasteiger partial charge >= 0.3 is 0 Å². The topological polar surface area (TPSA) is 33.2 Å². The van der Waals surface area contributed by atoms with Crippen LogP contribution in [-0.4, -0.2) is 21.8 Å². The zero-order valence-corrected chi connectivity index (χ0v) is 15.3. The van der Waals surface area contributed by atoms with Crippen molar-refractivity contribution in [3.63, 3.8) is 0 Å². The van der Waals surface area contributed by atoms with Crippen molar-refractivity contribution < 1.29 is 4.79 Å².